The van der Waals surface area contributed by atoms with Crippen molar-refractivity contribution in [2.45, 2.75) is 6.42 Å². The number of halogens is 1. The molecule has 0 saturated heterocycles. The molecule has 0 unspecified atom stereocenters. The molecule has 2 nitrogen and oxygen atoms in total. The van der Waals surface area contributed by atoms with Gasteiger partial charge >= 0.3 is 0 Å². The maximum atomic E-state index is 6.23. The van der Waals surface area contributed by atoms with Crippen LogP contribution in [0.3, 0.4) is 0 Å². The Hall–Kier alpha value is -2.99. The van der Waals surface area contributed by atoms with Crippen LogP contribution in [0.25, 0.3) is 11.1 Å². The Bertz CT molecular complexity index is 1000. The number of alkyl halides is 1. The lowest BCUT2D eigenvalue weighted by atomic mass is 9.88. The molecule has 3 rings (SSSR count). The van der Waals surface area contributed by atoms with Crippen LogP contribution in [0, 0.1) is 12.3 Å². The van der Waals surface area contributed by atoms with E-state index in [4.69, 9.17) is 22.8 Å². The molecule has 0 saturated carbocycles. The number of nitrogens with zero attached hydrogens (tertiary/aromatic N) is 1. The van der Waals surface area contributed by atoms with Gasteiger partial charge in [-0.15, -0.1) is 18.0 Å². The van der Waals surface area contributed by atoms with Crippen LogP contribution in [0.2, 0.25) is 0 Å². The molecule has 0 amide bonds. The largest absolute Gasteiger partial charge is 0.492 e. The van der Waals surface area contributed by atoms with Gasteiger partial charge in [0.1, 0.15) is 12.4 Å². The quantitative estimate of drug-likeness (QED) is 0.215. The molecule has 158 valence electrons. The first-order valence-electron chi connectivity index (χ1n) is 10.5. The number of rotatable bonds is 10. The lowest BCUT2D eigenvalue weighted by Crippen LogP contribution is -2.24. The second kappa shape index (κ2) is 12.0. The normalized spacial score (nSPS) is 11.7. The first kappa shape index (κ1) is 22.7. The molecular formula is C28H28ClNO. The number of ether oxygens (including phenoxy) is 1. The summed E-state index contributed by atoms with van der Waals surface area (Å²) in [6.45, 7) is 2.01. The summed E-state index contributed by atoms with van der Waals surface area (Å²) in [5.74, 6) is 4.06. The van der Waals surface area contributed by atoms with Gasteiger partial charge in [0.05, 0.1) is 6.54 Å². The zero-order valence-electron chi connectivity index (χ0n) is 17.9. The van der Waals surface area contributed by atoms with Gasteiger partial charge in [-0.2, -0.15) is 0 Å². The first-order chi connectivity index (χ1) is 15.2. The number of hydrogen-bond acceptors (Lipinski definition) is 2. The molecule has 0 fully saturated rings. The number of allylic oxidation sites excluding steroid dienone is 1. The van der Waals surface area contributed by atoms with E-state index in [1.165, 1.54) is 22.3 Å². The van der Waals surface area contributed by atoms with Gasteiger partial charge in [0.25, 0.3) is 0 Å². The molecule has 0 aliphatic carbocycles. The third-order valence-electron chi connectivity index (χ3n) is 5.08. The van der Waals surface area contributed by atoms with Crippen LogP contribution >= 0.6 is 11.6 Å². The molecule has 0 aromatic heterocycles. The fraction of sp³-hybridized carbons (Fsp3) is 0.214. The van der Waals surface area contributed by atoms with Gasteiger partial charge in [-0.25, -0.2) is 0 Å². The van der Waals surface area contributed by atoms with Gasteiger partial charge in [0.2, 0.25) is 0 Å². The van der Waals surface area contributed by atoms with E-state index in [1.54, 1.807) is 0 Å². The number of benzene rings is 3. The number of terminal acetylenes is 1. The minimum Gasteiger partial charge on any atom is -0.492 e. The first-order valence-corrected chi connectivity index (χ1v) is 11.0. The molecule has 0 heterocycles. The van der Waals surface area contributed by atoms with Crippen molar-refractivity contribution in [2.75, 3.05) is 32.6 Å². The Balaban J connectivity index is 1.93. The summed E-state index contributed by atoms with van der Waals surface area (Å²) in [4.78, 5) is 2.06. The van der Waals surface area contributed by atoms with E-state index in [2.05, 4.69) is 71.5 Å². The van der Waals surface area contributed by atoms with Gasteiger partial charge in [-0.05, 0) is 53.4 Å². The number of likely N-dealkylation sites (N-methyl/N-ethyl adjacent to an activating group) is 1. The highest BCUT2D eigenvalue weighted by Gasteiger charge is 2.14. The minimum atomic E-state index is 0.562. The highest BCUT2D eigenvalue weighted by molar-refractivity contribution is 6.18. The third-order valence-corrected chi connectivity index (χ3v) is 5.27. The molecule has 3 heteroatoms. The van der Waals surface area contributed by atoms with Crippen molar-refractivity contribution in [1.29, 1.82) is 0 Å². The maximum Gasteiger partial charge on any atom is 0.119 e. The van der Waals surface area contributed by atoms with Gasteiger partial charge < -0.3 is 4.74 Å². The zero-order valence-corrected chi connectivity index (χ0v) is 18.7. The topological polar surface area (TPSA) is 12.5 Å². The second-order valence-electron chi connectivity index (χ2n) is 7.34. The SMILES string of the molecule is C#CCN(C)CCOc1ccc(C(=C(CCCl)c2ccccc2)c2ccccc2)cc1. The summed E-state index contributed by atoms with van der Waals surface area (Å²) in [6, 6.07) is 29.3. The number of hydrogen-bond donors (Lipinski definition) is 0. The summed E-state index contributed by atoms with van der Waals surface area (Å²) in [7, 11) is 1.99. The van der Waals surface area contributed by atoms with Gasteiger partial charge in [0.15, 0.2) is 0 Å². The third kappa shape index (κ3) is 6.49. The summed E-state index contributed by atoms with van der Waals surface area (Å²) in [5.41, 5.74) is 5.96. The Labute approximate surface area is 191 Å². The maximum absolute atomic E-state index is 6.23. The van der Waals surface area contributed by atoms with Crippen molar-refractivity contribution in [1.82, 2.24) is 4.90 Å². The monoisotopic (exact) mass is 429 g/mol. The van der Waals surface area contributed by atoms with Crippen LogP contribution in [-0.2, 0) is 0 Å². The molecular weight excluding hydrogens is 402 g/mol. The van der Waals surface area contributed by atoms with Gasteiger partial charge in [-0.1, -0.05) is 78.7 Å². The van der Waals surface area contributed by atoms with Crippen LogP contribution in [0.1, 0.15) is 23.1 Å². The van der Waals surface area contributed by atoms with Crippen molar-refractivity contribution in [3.05, 3.63) is 102 Å². The summed E-state index contributed by atoms with van der Waals surface area (Å²) in [5, 5.41) is 0. The lowest BCUT2D eigenvalue weighted by molar-refractivity contribution is 0.251. The summed E-state index contributed by atoms with van der Waals surface area (Å²) in [6.07, 6.45) is 6.14. The fourth-order valence-electron chi connectivity index (χ4n) is 3.54. The van der Waals surface area contributed by atoms with Crippen LogP contribution in [0.5, 0.6) is 5.75 Å². The molecule has 3 aromatic carbocycles. The molecule has 0 spiro atoms. The van der Waals surface area contributed by atoms with Crippen LogP contribution in [-0.4, -0.2) is 37.5 Å². The Morgan fingerprint density at radius 3 is 2.03 bits per heavy atom. The van der Waals surface area contributed by atoms with Crippen LogP contribution in [0.15, 0.2) is 84.9 Å². The molecule has 0 atom stereocenters. The zero-order chi connectivity index (χ0) is 21.9. The van der Waals surface area contributed by atoms with E-state index in [0.29, 0.717) is 19.0 Å². The minimum absolute atomic E-state index is 0.562. The molecule has 0 bridgehead atoms. The van der Waals surface area contributed by atoms with Crippen molar-refractivity contribution in [3.63, 3.8) is 0 Å². The van der Waals surface area contributed by atoms with Gasteiger partial charge in [0, 0.05) is 12.4 Å². The van der Waals surface area contributed by atoms with E-state index in [9.17, 15) is 0 Å². The predicted molar refractivity (Wildman–Crippen MR) is 132 cm³/mol. The van der Waals surface area contributed by atoms with E-state index in [0.717, 1.165) is 24.3 Å². The van der Waals surface area contributed by atoms with Crippen molar-refractivity contribution in [3.8, 4) is 18.1 Å². The molecule has 0 N–H and O–H groups in total. The van der Waals surface area contributed by atoms with Crippen molar-refractivity contribution >= 4 is 22.7 Å². The average Bonchev–Trinajstić information content (AvgIpc) is 2.81. The van der Waals surface area contributed by atoms with Crippen LogP contribution in [0.4, 0.5) is 0 Å². The van der Waals surface area contributed by atoms with E-state index in [1.807, 2.05) is 31.3 Å². The predicted octanol–water partition coefficient (Wildman–Crippen LogP) is 6.22. The lowest BCUT2D eigenvalue weighted by Gasteiger charge is -2.18. The Morgan fingerprint density at radius 2 is 1.45 bits per heavy atom. The fourth-order valence-corrected chi connectivity index (χ4v) is 3.73. The average molecular weight is 430 g/mol. The standard InChI is InChI=1S/C28H28ClNO/c1-3-20-30(2)21-22-31-26-16-14-25(15-17-26)28(24-12-8-5-9-13-24)27(18-19-29)23-10-6-4-7-11-23/h1,4-17H,18-22H2,2H3. The van der Waals surface area contributed by atoms with E-state index >= 15 is 0 Å². The molecule has 0 aliphatic heterocycles. The van der Waals surface area contributed by atoms with Crippen molar-refractivity contribution < 1.29 is 4.74 Å². The van der Waals surface area contributed by atoms with Gasteiger partial charge in [-0.3, -0.25) is 4.90 Å². The van der Waals surface area contributed by atoms with Crippen LogP contribution < -0.4 is 4.74 Å². The highest BCUT2D eigenvalue weighted by Crippen LogP contribution is 2.35. The molecule has 0 radical (unpaired) electrons. The Morgan fingerprint density at radius 1 is 0.871 bits per heavy atom. The second-order valence-corrected chi connectivity index (χ2v) is 7.72. The smallest absolute Gasteiger partial charge is 0.119 e. The molecule has 3 aromatic rings. The highest BCUT2D eigenvalue weighted by atomic mass is 35.5. The van der Waals surface area contributed by atoms with Crippen molar-refractivity contribution in [2.24, 2.45) is 0 Å². The molecule has 31 heavy (non-hydrogen) atoms. The van der Waals surface area contributed by atoms with E-state index in [-0.39, 0.29) is 0 Å². The summed E-state index contributed by atoms with van der Waals surface area (Å²) >= 11 is 6.23. The van der Waals surface area contributed by atoms with E-state index < -0.39 is 0 Å². The Kier molecular flexibility index (Phi) is 8.79. The summed E-state index contributed by atoms with van der Waals surface area (Å²) < 4.78 is 5.91. The molecule has 0 aliphatic rings.